The van der Waals surface area contributed by atoms with E-state index in [0.29, 0.717) is 11.6 Å². The Morgan fingerprint density at radius 2 is 2.00 bits per heavy atom. The molecule has 98 valence electrons. The van der Waals surface area contributed by atoms with Gasteiger partial charge in [-0.25, -0.2) is 4.98 Å². The van der Waals surface area contributed by atoms with Crippen molar-refractivity contribution in [1.29, 1.82) is 0 Å². The molecule has 3 rings (SSSR count). The summed E-state index contributed by atoms with van der Waals surface area (Å²) in [6, 6.07) is 13.0. The second-order valence-corrected chi connectivity index (χ2v) is 4.07. The lowest BCUT2D eigenvalue weighted by atomic mass is 10.2. The van der Waals surface area contributed by atoms with Gasteiger partial charge in [0.25, 0.3) is 5.91 Å². The zero-order chi connectivity index (χ0) is 13.8. The van der Waals surface area contributed by atoms with E-state index in [2.05, 4.69) is 10.1 Å². The summed E-state index contributed by atoms with van der Waals surface area (Å²) in [5.74, 6) is 0.850. The first-order valence-corrected chi connectivity index (χ1v) is 6.06. The molecular formula is C15H11N3O2. The van der Waals surface area contributed by atoms with E-state index in [4.69, 9.17) is 4.42 Å². The highest BCUT2D eigenvalue weighted by Gasteiger charge is 2.07. The molecule has 0 aliphatic heterocycles. The Bertz CT molecular complexity index is 728. The Morgan fingerprint density at radius 3 is 2.75 bits per heavy atom. The van der Waals surface area contributed by atoms with Gasteiger partial charge < -0.3 is 4.42 Å². The fourth-order valence-electron chi connectivity index (χ4n) is 1.70. The van der Waals surface area contributed by atoms with Gasteiger partial charge in [0, 0.05) is 11.6 Å². The van der Waals surface area contributed by atoms with E-state index >= 15 is 0 Å². The predicted octanol–water partition coefficient (Wildman–Crippen LogP) is 2.89. The Labute approximate surface area is 115 Å². The van der Waals surface area contributed by atoms with Gasteiger partial charge in [-0.3, -0.25) is 4.79 Å². The largest absolute Gasteiger partial charge is 0.465 e. The standard InChI is InChI=1S/C15H11N3O2/c19-14(9-8-13-7-4-10-20-13)18-11-16-15(17-18)12-5-2-1-3-6-12/h1-11H. The molecule has 0 atom stereocenters. The minimum Gasteiger partial charge on any atom is -0.465 e. The highest BCUT2D eigenvalue weighted by molar-refractivity contribution is 5.92. The number of allylic oxidation sites excluding steroid dienone is 1. The molecule has 0 aliphatic rings. The third-order valence-electron chi connectivity index (χ3n) is 2.68. The van der Waals surface area contributed by atoms with Gasteiger partial charge in [-0.05, 0) is 18.2 Å². The van der Waals surface area contributed by atoms with Crippen LogP contribution >= 0.6 is 0 Å². The molecule has 0 saturated heterocycles. The first-order chi connectivity index (χ1) is 9.83. The van der Waals surface area contributed by atoms with Crippen LogP contribution < -0.4 is 0 Å². The highest BCUT2D eigenvalue weighted by Crippen LogP contribution is 2.12. The molecule has 3 aromatic rings. The first kappa shape index (κ1) is 12.1. The van der Waals surface area contributed by atoms with Crippen LogP contribution in [-0.2, 0) is 0 Å². The number of hydrogen-bond donors (Lipinski definition) is 0. The number of aromatic nitrogens is 3. The Kier molecular flexibility index (Phi) is 3.24. The average molecular weight is 265 g/mol. The monoisotopic (exact) mass is 265 g/mol. The fraction of sp³-hybridized carbons (Fsp3) is 0. The summed E-state index contributed by atoms with van der Waals surface area (Å²) in [4.78, 5) is 16.0. The van der Waals surface area contributed by atoms with Crippen molar-refractivity contribution in [2.24, 2.45) is 0 Å². The van der Waals surface area contributed by atoms with Crippen LogP contribution in [0.2, 0.25) is 0 Å². The molecule has 5 heteroatoms. The van der Waals surface area contributed by atoms with E-state index in [1.165, 1.54) is 17.1 Å². The molecule has 5 nitrogen and oxygen atoms in total. The minimum atomic E-state index is -0.281. The van der Waals surface area contributed by atoms with Gasteiger partial charge in [0.1, 0.15) is 12.1 Å². The first-order valence-electron chi connectivity index (χ1n) is 6.06. The maximum atomic E-state index is 11.9. The second kappa shape index (κ2) is 5.36. The van der Waals surface area contributed by atoms with Crippen molar-refractivity contribution in [2.45, 2.75) is 0 Å². The van der Waals surface area contributed by atoms with Crippen molar-refractivity contribution in [3.05, 3.63) is 66.9 Å². The molecular weight excluding hydrogens is 254 g/mol. The lowest BCUT2D eigenvalue weighted by Crippen LogP contribution is -2.07. The van der Waals surface area contributed by atoms with E-state index in [1.807, 2.05) is 30.3 Å². The van der Waals surface area contributed by atoms with Crippen LogP contribution in [0.5, 0.6) is 0 Å². The normalized spacial score (nSPS) is 11.0. The smallest absolute Gasteiger partial charge is 0.272 e. The summed E-state index contributed by atoms with van der Waals surface area (Å²) < 4.78 is 6.31. The zero-order valence-corrected chi connectivity index (χ0v) is 10.5. The summed E-state index contributed by atoms with van der Waals surface area (Å²) in [5, 5.41) is 4.15. The molecule has 0 N–H and O–H groups in total. The summed E-state index contributed by atoms with van der Waals surface area (Å²) >= 11 is 0. The van der Waals surface area contributed by atoms with E-state index < -0.39 is 0 Å². The summed E-state index contributed by atoms with van der Waals surface area (Å²) in [7, 11) is 0. The maximum Gasteiger partial charge on any atom is 0.272 e. The van der Waals surface area contributed by atoms with E-state index in [9.17, 15) is 4.79 Å². The highest BCUT2D eigenvalue weighted by atomic mass is 16.3. The molecule has 0 spiro atoms. The molecule has 2 aromatic heterocycles. The Hall–Kier alpha value is -2.95. The SMILES string of the molecule is O=C(C=Cc1ccco1)n1cnc(-c2ccccc2)n1. The third kappa shape index (κ3) is 2.56. The van der Waals surface area contributed by atoms with Gasteiger partial charge in [0.15, 0.2) is 5.82 Å². The summed E-state index contributed by atoms with van der Waals surface area (Å²) in [5.41, 5.74) is 0.870. The van der Waals surface area contributed by atoms with Crippen molar-refractivity contribution in [3.8, 4) is 11.4 Å². The molecule has 2 heterocycles. The van der Waals surface area contributed by atoms with Gasteiger partial charge in [0.05, 0.1) is 6.26 Å². The molecule has 0 unspecified atom stereocenters. The molecule has 20 heavy (non-hydrogen) atoms. The molecule has 0 bridgehead atoms. The quantitative estimate of drug-likeness (QED) is 0.683. The average Bonchev–Trinajstić information content (AvgIpc) is 3.17. The van der Waals surface area contributed by atoms with Gasteiger partial charge in [0.2, 0.25) is 0 Å². The molecule has 0 aliphatic carbocycles. The second-order valence-electron chi connectivity index (χ2n) is 4.07. The number of hydrogen-bond acceptors (Lipinski definition) is 4. The molecule has 0 radical (unpaired) electrons. The summed E-state index contributed by atoms with van der Waals surface area (Å²) in [6.07, 6.45) is 5.93. The summed E-state index contributed by atoms with van der Waals surface area (Å²) in [6.45, 7) is 0. The molecule has 0 saturated carbocycles. The van der Waals surface area contributed by atoms with Gasteiger partial charge in [-0.1, -0.05) is 30.3 Å². The van der Waals surface area contributed by atoms with Crippen molar-refractivity contribution in [1.82, 2.24) is 14.8 Å². The van der Waals surface area contributed by atoms with Crippen LogP contribution in [0, 0.1) is 0 Å². The van der Waals surface area contributed by atoms with Crippen molar-refractivity contribution >= 4 is 12.0 Å². The molecule has 0 fully saturated rings. The topological polar surface area (TPSA) is 60.9 Å². The van der Waals surface area contributed by atoms with E-state index in [1.54, 1.807) is 24.5 Å². The zero-order valence-electron chi connectivity index (χ0n) is 10.5. The van der Waals surface area contributed by atoms with E-state index in [0.717, 1.165) is 5.56 Å². The van der Waals surface area contributed by atoms with Crippen LogP contribution in [0.4, 0.5) is 0 Å². The van der Waals surface area contributed by atoms with Crippen molar-refractivity contribution in [3.63, 3.8) is 0 Å². The number of carbonyl (C=O) groups excluding carboxylic acids is 1. The van der Waals surface area contributed by atoms with Gasteiger partial charge in [-0.15, -0.1) is 5.10 Å². The van der Waals surface area contributed by atoms with Crippen LogP contribution in [-0.4, -0.2) is 20.7 Å². The number of furan rings is 1. The fourth-order valence-corrected chi connectivity index (χ4v) is 1.70. The molecule has 1 aromatic carbocycles. The van der Waals surface area contributed by atoms with Crippen LogP contribution in [0.3, 0.4) is 0 Å². The number of benzene rings is 1. The third-order valence-corrected chi connectivity index (χ3v) is 2.68. The van der Waals surface area contributed by atoms with Crippen LogP contribution in [0.15, 0.2) is 65.5 Å². The lowest BCUT2D eigenvalue weighted by Gasteiger charge is -1.93. The van der Waals surface area contributed by atoms with Crippen LogP contribution in [0.25, 0.3) is 17.5 Å². The minimum absolute atomic E-state index is 0.281. The van der Waals surface area contributed by atoms with E-state index in [-0.39, 0.29) is 5.91 Å². The van der Waals surface area contributed by atoms with Gasteiger partial charge in [-0.2, -0.15) is 4.68 Å². The predicted molar refractivity (Wildman–Crippen MR) is 73.8 cm³/mol. The number of nitrogens with zero attached hydrogens (tertiary/aromatic N) is 3. The molecule has 0 amide bonds. The number of carbonyl (C=O) groups is 1. The lowest BCUT2D eigenvalue weighted by molar-refractivity contribution is 0.0955. The Balaban J connectivity index is 1.78. The Morgan fingerprint density at radius 1 is 1.15 bits per heavy atom. The maximum absolute atomic E-state index is 11.9. The van der Waals surface area contributed by atoms with Gasteiger partial charge >= 0.3 is 0 Å². The van der Waals surface area contributed by atoms with Crippen molar-refractivity contribution in [2.75, 3.05) is 0 Å². The van der Waals surface area contributed by atoms with Crippen molar-refractivity contribution < 1.29 is 9.21 Å². The van der Waals surface area contributed by atoms with Crippen LogP contribution in [0.1, 0.15) is 10.6 Å². The number of rotatable bonds is 3.